The maximum absolute atomic E-state index is 14.5. The van der Waals surface area contributed by atoms with Gasteiger partial charge in [-0.25, -0.2) is 0 Å². The molecule has 0 fully saturated rings. The Morgan fingerprint density at radius 3 is 1.24 bits per heavy atom. The molecule has 0 heterocycles. The van der Waals surface area contributed by atoms with Gasteiger partial charge >= 0.3 is 6.18 Å². The molecule has 128 valence electrons. The van der Waals surface area contributed by atoms with Gasteiger partial charge in [0.2, 0.25) is 0 Å². The fourth-order valence-corrected chi connectivity index (χ4v) is 3.10. The number of benzene rings is 3. The Labute approximate surface area is 142 Å². The van der Waals surface area contributed by atoms with Gasteiger partial charge in [0, 0.05) is 0 Å². The predicted octanol–water partition coefficient (Wildman–Crippen LogP) is 4.99. The molecule has 3 aromatic carbocycles. The van der Waals surface area contributed by atoms with Gasteiger partial charge in [-0.2, -0.15) is 13.2 Å². The Morgan fingerprint density at radius 2 is 0.880 bits per heavy atom. The van der Waals surface area contributed by atoms with Gasteiger partial charge in [-0.05, 0) is 41.0 Å². The molecule has 0 radical (unpaired) electrons. The predicted molar refractivity (Wildman–Crippen MR) is 88.6 cm³/mol. The minimum absolute atomic E-state index is 0.0188. The van der Waals surface area contributed by atoms with E-state index in [2.05, 4.69) is 0 Å². The number of halogens is 3. The Hall–Kier alpha value is -2.95. The highest BCUT2D eigenvalue weighted by Crippen LogP contribution is 2.51. The zero-order valence-electron chi connectivity index (χ0n) is 13.0. The number of aromatic hydroxyl groups is 2. The molecule has 0 saturated carbocycles. The summed E-state index contributed by atoms with van der Waals surface area (Å²) < 4.78 is 43.5. The van der Waals surface area contributed by atoms with Crippen molar-refractivity contribution in [2.75, 3.05) is 0 Å². The van der Waals surface area contributed by atoms with Gasteiger partial charge in [0.05, 0.1) is 0 Å². The molecule has 0 aromatic heterocycles. The van der Waals surface area contributed by atoms with E-state index in [9.17, 15) is 23.4 Å². The molecular formula is C20H15F3O2. The molecule has 0 unspecified atom stereocenters. The third-order valence-corrected chi connectivity index (χ3v) is 4.23. The Bertz CT molecular complexity index is 793. The van der Waals surface area contributed by atoms with Crippen molar-refractivity contribution in [3.8, 4) is 11.5 Å². The van der Waals surface area contributed by atoms with E-state index < -0.39 is 11.6 Å². The van der Waals surface area contributed by atoms with E-state index in [1.165, 1.54) is 60.7 Å². The summed E-state index contributed by atoms with van der Waals surface area (Å²) in [6, 6.07) is 17.6. The summed E-state index contributed by atoms with van der Waals surface area (Å²) >= 11 is 0. The van der Waals surface area contributed by atoms with Crippen molar-refractivity contribution in [3.05, 3.63) is 95.6 Å². The zero-order chi connectivity index (χ0) is 18.1. The van der Waals surface area contributed by atoms with Crippen LogP contribution in [0.25, 0.3) is 0 Å². The molecule has 0 saturated heterocycles. The lowest BCUT2D eigenvalue weighted by molar-refractivity contribution is -0.166. The Kier molecular flexibility index (Phi) is 4.17. The SMILES string of the molecule is Oc1ccc(C(c2ccccc2)(c2ccc(O)cc2)C(F)(F)F)cc1. The van der Waals surface area contributed by atoms with Crippen molar-refractivity contribution in [1.82, 2.24) is 0 Å². The van der Waals surface area contributed by atoms with Crippen LogP contribution in [0.3, 0.4) is 0 Å². The highest BCUT2D eigenvalue weighted by Gasteiger charge is 2.58. The maximum Gasteiger partial charge on any atom is 0.406 e. The van der Waals surface area contributed by atoms with Crippen LogP contribution in [0.2, 0.25) is 0 Å². The summed E-state index contributed by atoms with van der Waals surface area (Å²) in [5.74, 6) is -0.225. The zero-order valence-corrected chi connectivity index (χ0v) is 13.0. The lowest BCUT2D eigenvalue weighted by Gasteiger charge is -2.37. The lowest BCUT2D eigenvalue weighted by Crippen LogP contribution is -2.44. The minimum atomic E-state index is -4.65. The van der Waals surface area contributed by atoms with E-state index in [1.54, 1.807) is 18.2 Å². The van der Waals surface area contributed by atoms with Crippen molar-refractivity contribution in [1.29, 1.82) is 0 Å². The van der Waals surface area contributed by atoms with E-state index in [-0.39, 0.29) is 28.2 Å². The first-order valence-corrected chi connectivity index (χ1v) is 7.57. The second kappa shape index (κ2) is 6.16. The molecule has 0 amide bonds. The third-order valence-electron chi connectivity index (χ3n) is 4.23. The highest BCUT2D eigenvalue weighted by atomic mass is 19.4. The van der Waals surface area contributed by atoms with Gasteiger partial charge < -0.3 is 10.2 Å². The van der Waals surface area contributed by atoms with E-state index in [0.29, 0.717) is 0 Å². The van der Waals surface area contributed by atoms with Crippen LogP contribution in [-0.2, 0) is 5.41 Å². The Balaban J connectivity index is 2.40. The van der Waals surface area contributed by atoms with Crippen molar-refractivity contribution in [3.63, 3.8) is 0 Å². The van der Waals surface area contributed by atoms with Crippen molar-refractivity contribution in [2.45, 2.75) is 11.6 Å². The smallest absolute Gasteiger partial charge is 0.406 e. The molecule has 0 atom stereocenters. The largest absolute Gasteiger partial charge is 0.508 e. The molecular weight excluding hydrogens is 329 g/mol. The van der Waals surface area contributed by atoms with Crippen LogP contribution in [-0.4, -0.2) is 16.4 Å². The number of hydrogen-bond donors (Lipinski definition) is 2. The summed E-state index contributed by atoms with van der Waals surface area (Å²) in [6.45, 7) is 0. The van der Waals surface area contributed by atoms with Crippen molar-refractivity contribution >= 4 is 0 Å². The Morgan fingerprint density at radius 1 is 0.520 bits per heavy atom. The van der Waals surface area contributed by atoms with Crippen LogP contribution in [0.4, 0.5) is 13.2 Å². The van der Waals surface area contributed by atoms with Gasteiger partial charge in [0.25, 0.3) is 0 Å². The van der Waals surface area contributed by atoms with E-state index in [1.807, 2.05) is 0 Å². The minimum Gasteiger partial charge on any atom is -0.508 e. The number of phenols is 2. The molecule has 5 heteroatoms. The maximum atomic E-state index is 14.5. The molecule has 3 aromatic rings. The monoisotopic (exact) mass is 344 g/mol. The number of alkyl halides is 3. The quantitative estimate of drug-likeness (QED) is 0.657. The molecule has 2 nitrogen and oxygen atoms in total. The van der Waals surface area contributed by atoms with Gasteiger partial charge in [-0.3, -0.25) is 0 Å². The fourth-order valence-electron chi connectivity index (χ4n) is 3.10. The average molecular weight is 344 g/mol. The molecule has 0 spiro atoms. The number of rotatable bonds is 3. The summed E-state index contributed by atoms with van der Waals surface area (Å²) in [5, 5.41) is 19.0. The van der Waals surface area contributed by atoms with Crippen LogP contribution < -0.4 is 0 Å². The summed E-state index contributed by atoms with van der Waals surface area (Å²) in [7, 11) is 0. The first kappa shape index (κ1) is 16.9. The average Bonchev–Trinajstić information content (AvgIpc) is 2.58. The number of phenolic OH excluding ortho intramolecular Hbond substituents is 2. The second-order valence-electron chi connectivity index (χ2n) is 5.71. The van der Waals surface area contributed by atoms with E-state index in [0.717, 1.165) is 0 Å². The molecule has 2 N–H and O–H groups in total. The fraction of sp³-hybridized carbons (Fsp3) is 0.100. The molecule has 0 aliphatic heterocycles. The summed E-state index contributed by atoms with van der Waals surface area (Å²) in [5.41, 5.74) is -2.40. The van der Waals surface area contributed by atoms with Crippen LogP contribution in [0, 0.1) is 0 Å². The molecule has 3 rings (SSSR count). The van der Waals surface area contributed by atoms with Gasteiger partial charge in [0.1, 0.15) is 16.9 Å². The first-order chi connectivity index (χ1) is 11.9. The molecule has 0 aliphatic carbocycles. The van der Waals surface area contributed by atoms with Crippen molar-refractivity contribution in [2.24, 2.45) is 0 Å². The van der Waals surface area contributed by atoms with Crippen LogP contribution in [0.15, 0.2) is 78.9 Å². The number of hydrogen-bond acceptors (Lipinski definition) is 2. The normalized spacial score (nSPS) is 12.1. The molecule has 0 bridgehead atoms. The van der Waals surface area contributed by atoms with E-state index >= 15 is 0 Å². The van der Waals surface area contributed by atoms with Crippen LogP contribution >= 0.6 is 0 Å². The topological polar surface area (TPSA) is 40.5 Å². The summed E-state index contributed by atoms with van der Waals surface area (Å²) in [4.78, 5) is 0. The van der Waals surface area contributed by atoms with Gasteiger partial charge in [0.15, 0.2) is 0 Å². The summed E-state index contributed by atoms with van der Waals surface area (Å²) in [6.07, 6.45) is -4.65. The first-order valence-electron chi connectivity index (χ1n) is 7.57. The lowest BCUT2D eigenvalue weighted by atomic mass is 9.69. The molecule has 0 aliphatic rings. The van der Waals surface area contributed by atoms with Gasteiger partial charge in [-0.15, -0.1) is 0 Å². The molecule has 25 heavy (non-hydrogen) atoms. The van der Waals surface area contributed by atoms with Crippen LogP contribution in [0.1, 0.15) is 16.7 Å². The standard InChI is InChI=1S/C20H15F3O2/c21-20(22,23)19(14-4-2-1-3-5-14,15-6-10-17(24)11-7-15)16-8-12-18(25)13-9-16/h1-13,24-25H. The van der Waals surface area contributed by atoms with Crippen LogP contribution in [0.5, 0.6) is 11.5 Å². The van der Waals surface area contributed by atoms with Gasteiger partial charge in [-0.1, -0.05) is 54.6 Å². The van der Waals surface area contributed by atoms with E-state index in [4.69, 9.17) is 0 Å². The second-order valence-corrected chi connectivity index (χ2v) is 5.71. The highest BCUT2D eigenvalue weighted by molar-refractivity contribution is 5.53. The third kappa shape index (κ3) is 2.82. The van der Waals surface area contributed by atoms with Crippen molar-refractivity contribution < 1.29 is 23.4 Å².